The lowest BCUT2D eigenvalue weighted by molar-refractivity contribution is -0.136. The van der Waals surface area contributed by atoms with Crippen molar-refractivity contribution in [1.29, 1.82) is 0 Å². The zero-order valence-electron chi connectivity index (χ0n) is 12.2. The van der Waals surface area contributed by atoms with E-state index in [-0.39, 0.29) is 6.42 Å². The molecule has 1 aromatic heterocycles. The first-order chi connectivity index (χ1) is 11.1. The minimum absolute atomic E-state index is 0.0617. The zero-order valence-corrected chi connectivity index (χ0v) is 13.8. The summed E-state index contributed by atoms with van der Waals surface area (Å²) in [5, 5.41) is 10.5. The van der Waals surface area contributed by atoms with Crippen molar-refractivity contribution in [2.24, 2.45) is 0 Å². The quantitative estimate of drug-likeness (QED) is 0.678. The molecular formula is C18H14ClNO2S. The summed E-state index contributed by atoms with van der Waals surface area (Å²) in [5.74, 6) is -0.823. The minimum atomic E-state index is -0.823. The van der Waals surface area contributed by atoms with Crippen LogP contribution in [-0.4, -0.2) is 16.1 Å². The number of para-hydroxylation sites is 1. The third kappa shape index (κ3) is 3.78. The molecule has 0 saturated carbocycles. The molecule has 1 heterocycles. The van der Waals surface area contributed by atoms with Crippen LogP contribution >= 0.6 is 22.9 Å². The second kappa shape index (κ2) is 6.94. The number of fused-ring (bicyclic) bond motifs is 1. The molecular weight excluding hydrogens is 330 g/mol. The van der Waals surface area contributed by atoms with Crippen molar-refractivity contribution in [1.82, 2.24) is 4.98 Å². The summed E-state index contributed by atoms with van der Waals surface area (Å²) < 4.78 is 1.09. The number of carboxylic acid groups (broad SMARTS) is 1. The highest BCUT2D eigenvalue weighted by Gasteiger charge is 2.11. The number of halogens is 1. The van der Waals surface area contributed by atoms with Crippen molar-refractivity contribution in [3.8, 4) is 0 Å². The number of carboxylic acids is 1. The van der Waals surface area contributed by atoms with E-state index in [2.05, 4.69) is 4.98 Å². The zero-order chi connectivity index (χ0) is 16.2. The highest BCUT2D eigenvalue weighted by Crippen LogP contribution is 2.32. The SMILES string of the molecule is O=C(O)CCC(=Cc1ccccc1Cl)c1nc2ccccc2s1. The molecule has 23 heavy (non-hydrogen) atoms. The van der Waals surface area contributed by atoms with Crippen LogP contribution in [0.5, 0.6) is 0 Å². The molecule has 0 unspecified atom stereocenters. The van der Waals surface area contributed by atoms with Gasteiger partial charge in [0, 0.05) is 11.4 Å². The smallest absolute Gasteiger partial charge is 0.303 e. The molecule has 0 fully saturated rings. The Morgan fingerprint density at radius 1 is 1.13 bits per heavy atom. The van der Waals surface area contributed by atoms with E-state index >= 15 is 0 Å². The number of hydrogen-bond donors (Lipinski definition) is 1. The van der Waals surface area contributed by atoms with Gasteiger partial charge in [0.25, 0.3) is 0 Å². The maximum atomic E-state index is 11.0. The molecule has 116 valence electrons. The number of hydrogen-bond acceptors (Lipinski definition) is 3. The van der Waals surface area contributed by atoms with Gasteiger partial charge in [0.15, 0.2) is 0 Å². The average molecular weight is 344 g/mol. The predicted molar refractivity (Wildman–Crippen MR) is 95.8 cm³/mol. The Balaban J connectivity index is 2.04. The standard InChI is InChI=1S/C18H14ClNO2S/c19-14-6-2-1-5-12(14)11-13(9-10-17(21)22)18-20-15-7-3-4-8-16(15)23-18/h1-8,11H,9-10H2,(H,21,22). The number of rotatable bonds is 5. The molecule has 2 aromatic carbocycles. The molecule has 0 atom stereocenters. The molecule has 0 aliphatic carbocycles. The van der Waals surface area contributed by atoms with E-state index in [9.17, 15) is 4.79 Å². The maximum absolute atomic E-state index is 11.0. The van der Waals surface area contributed by atoms with Gasteiger partial charge in [-0.2, -0.15) is 0 Å². The van der Waals surface area contributed by atoms with Gasteiger partial charge in [0.2, 0.25) is 0 Å². The predicted octanol–water partition coefficient (Wildman–Crippen LogP) is 5.36. The lowest BCUT2D eigenvalue weighted by Gasteiger charge is -2.04. The van der Waals surface area contributed by atoms with Crippen LogP contribution in [0.15, 0.2) is 48.5 Å². The number of carbonyl (C=O) groups is 1. The van der Waals surface area contributed by atoms with E-state index in [0.29, 0.717) is 11.4 Å². The summed E-state index contributed by atoms with van der Waals surface area (Å²) in [5.41, 5.74) is 2.68. The Morgan fingerprint density at radius 3 is 2.61 bits per heavy atom. The molecule has 0 saturated heterocycles. The first kappa shape index (κ1) is 15.7. The van der Waals surface area contributed by atoms with Gasteiger partial charge >= 0.3 is 5.97 Å². The molecule has 3 rings (SSSR count). The van der Waals surface area contributed by atoms with Crippen molar-refractivity contribution in [3.63, 3.8) is 0 Å². The molecule has 0 aliphatic heterocycles. The van der Waals surface area contributed by atoms with Crippen molar-refractivity contribution in [3.05, 3.63) is 64.1 Å². The normalized spacial score (nSPS) is 11.8. The summed E-state index contributed by atoms with van der Waals surface area (Å²) in [7, 11) is 0. The molecule has 0 radical (unpaired) electrons. The van der Waals surface area contributed by atoms with Crippen LogP contribution in [-0.2, 0) is 4.79 Å². The fraction of sp³-hybridized carbons (Fsp3) is 0.111. The Bertz CT molecular complexity index is 852. The molecule has 0 amide bonds. The van der Waals surface area contributed by atoms with Gasteiger partial charge in [0.1, 0.15) is 5.01 Å². The van der Waals surface area contributed by atoms with Gasteiger partial charge in [0.05, 0.1) is 10.2 Å². The first-order valence-corrected chi connectivity index (χ1v) is 8.36. The summed E-state index contributed by atoms with van der Waals surface area (Å²) >= 11 is 7.79. The van der Waals surface area contributed by atoms with Crippen LogP contribution in [0.4, 0.5) is 0 Å². The van der Waals surface area contributed by atoms with Crippen LogP contribution in [0.25, 0.3) is 21.9 Å². The van der Waals surface area contributed by atoms with Crippen molar-refractivity contribution in [2.45, 2.75) is 12.8 Å². The van der Waals surface area contributed by atoms with Crippen LogP contribution in [0.1, 0.15) is 23.4 Å². The third-order valence-electron chi connectivity index (χ3n) is 3.41. The van der Waals surface area contributed by atoms with Crippen molar-refractivity contribution in [2.75, 3.05) is 0 Å². The van der Waals surface area contributed by atoms with E-state index in [1.54, 1.807) is 11.3 Å². The first-order valence-electron chi connectivity index (χ1n) is 7.16. The second-order valence-electron chi connectivity index (χ2n) is 5.07. The Labute approximate surface area is 142 Å². The lowest BCUT2D eigenvalue weighted by atomic mass is 10.1. The fourth-order valence-electron chi connectivity index (χ4n) is 2.27. The molecule has 3 nitrogen and oxygen atoms in total. The lowest BCUT2D eigenvalue weighted by Crippen LogP contribution is -1.95. The number of benzene rings is 2. The summed E-state index contributed by atoms with van der Waals surface area (Å²) in [6, 6.07) is 15.4. The van der Waals surface area contributed by atoms with Gasteiger partial charge in [-0.3, -0.25) is 4.79 Å². The van der Waals surface area contributed by atoms with E-state index in [4.69, 9.17) is 16.7 Å². The molecule has 3 aromatic rings. The fourth-order valence-corrected chi connectivity index (χ4v) is 3.47. The van der Waals surface area contributed by atoms with Crippen LogP contribution in [0.2, 0.25) is 5.02 Å². The molecule has 5 heteroatoms. The third-order valence-corrected chi connectivity index (χ3v) is 4.87. The molecule has 0 spiro atoms. The maximum Gasteiger partial charge on any atom is 0.303 e. The van der Waals surface area contributed by atoms with Crippen molar-refractivity contribution >= 4 is 50.8 Å². The van der Waals surface area contributed by atoms with E-state index in [0.717, 1.165) is 26.4 Å². The topological polar surface area (TPSA) is 50.2 Å². The van der Waals surface area contributed by atoms with E-state index < -0.39 is 5.97 Å². The Hall–Kier alpha value is -2.17. The van der Waals surface area contributed by atoms with Gasteiger partial charge in [-0.05, 0) is 41.8 Å². The number of aromatic nitrogens is 1. The Morgan fingerprint density at radius 2 is 1.87 bits per heavy atom. The van der Waals surface area contributed by atoms with Gasteiger partial charge in [-0.25, -0.2) is 4.98 Å². The largest absolute Gasteiger partial charge is 0.481 e. The van der Waals surface area contributed by atoms with E-state index in [1.807, 2.05) is 54.6 Å². The summed E-state index contributed by atoms with van der Waals surface area (Å²) in [4.78, 5) is 15.6. The van der Waals surface area contributed by atoms with Crippen molar-refractivity contribution < 1.29 is 9.90 Å². The Kier molecular flexibility index (Phi) is 4.74. The monoisotopic (exact) mass is 343 g/mol. The number of aliphatic carboxylic acids is 1. The number of thiazole rings is 1. The number of allylic oxidation sites excluding steroid dienone is 1. The van der Waals surface area contributed by atoms with Crippen LogP contribution in [0.3, 0.4) is 0 Å². The molecule has 1 N–H and O–H groups in total. The number of nitrogens with zero attached hydrogens (tertiary/aromatic N) is 1. The van der Waals surface area contributed by atoms with Gasteiger partial charge < -0.3 is 5.11 Å². The average Bonchev–Trinajstić information content (AvgIpc) is 2.96. The molecule has 0 bridgehead atoms. The van der Waals surface area contributed by atoms with E-state index in [1.165, 1.54) is 0 Å². The summed E-state index contributed by atoms with van der Waals surface area (Å²) in [6.45, 7) is 0. The van der Waals surface area contributed by atoms with Crippen LogP contribution < -0.4 is 0 Å². The van der Waals surface area contributed by atoms with Gasteiger partial charge in [-0.15, -0.1) is 11.3 Å². The minimum Gasteiger partial charge on any atom is -0.481 e. The van der Waals surface area contributed by atoms with Gasteiger partial charge in [-0.1, -0.05) is 41.9 Å². The summed E-state index contributed by atoms with van der Waals surface area (Å²) in [6.07, 6.45) is 2.41. The highest BCUT2D eigenvalue weighted by atomic mass is 35.5. The van der Waals surface area contributed by atoms with Crippen LogP contribution in [0, 0.1) is 0 Å². The highest BCUT2D eigenvalue weighted by molar-refractivity contribution is 7.19. The second-order valence-corrected chi connectivity index (χ2v) is 6.51. The molecule has 0 aliphatic rings.